The zero-order chi connectivity index (χ0) is 26.0. The maximum Gasteiger partial charge on any atom is 0.219 e. The predicted molar refractivity (Wildman–Crippen MR) is 153 cm³/mol. The summed E-state index contributed by atoms with van der Waals surface area (Å²) in [7, 11) is 1.98. The van der Waals surface area contributed by atoms with Gasteiger partial charge < -0.3 is 4.42 Å². The van der Waals surface area contributed by atoms with E-state index in [2.05, 4.69) is 49.4 Å². The highest BCUT2D eigenvalue weighted by Crippen LogP contribution is 2.45. The molecule has 2 nitrogen and oxygen atoms in total. The number of nitrogens with zero attached hydrogens (tertiary/aromatic N) is 1. The molecule has 3 aromatic carbocycles. The summed E-state index contributed by atoms with van der Waals surface area (Å²) in [6.07, 6.45) is 12.2. The fourth-order valence-corrected chi connectivity index (χ4v) is 7.28. The number of rotatable bonds is 3. The van der Waals surface area contributed by atoms with Crippen molar-refractivity contribution in [3.8, 4) is 22.4 Å². The second kappa shape index (κ2) is 9.08. The lowest BCUT2D eigenvalue weighted by Gasteiger charge is -2.25. The Kier molecular flexibility index (Phi) is 5.65. The topological polar surface area (TPSA) is 17.0 Å². The Hall–Kier alpha value is -3.46. The molecule has 192 valence electrons. The smallest absolute Gasteiger partial charge is 0.219 e. The number of hydrogen-bond donors (Lipinski definition) is 0. The molecule has 2 aliphatic carbocycles. The lowest BCUT2D eigenvalue weighted by atomic mass is 9.80. The molecule has 0 N–H and O–H groups in total. The third-order valence-electron chi connectivity index (χ3n) is 9.20. The highest BCUT2D eigenvalue weighted by Gasteiger charge is 2.27. The molecular weight excluding hydrogens is 469 g/mol. The monoisotopic (exact) mass is 504 g/mol. The van der Waals surface area contributed by atoms with Crippen LogP contribution in [0.4, 0.5) is 4.39 Å². The third-order valence-corrected chi connectivity index (χ3v) is 9.20. The Morgan fingerprint density at radius 3 is 2.42 bits per heavy atom. The highest BCUT2D eigenvalue weighted by atomic mass is 19.1. The summed E-state index contributed by atoms with van der Waals surface area (Å²) in [5.41, 5.74) is 12.5. The number of benzene rings is 3. The van der Waals surface area contributed by atoms with Gasteiger partial charge in [-0.1, -0.05) is 61.7 Å². The number of halogens is 1. The molecular formula is C35H35FNO+. The number of aromatic nitrogens is 1. The summed E-state index contributed by atoms with van der Waals surface area (Å²) in [6, 6.07) is 17.3. The second-order valence-electron chi connectivity index (χ2n) is 11.6. The third kappa shape index (κ3) is 3.62. The van der Waals surface area contributed by atoms with E-state index in [-0.39, 0.29) is 5.82 Å². The molecule has 0 atom stereocenters. The van der Waals surface area contributed by atoms with E-state index in [0.29, 0.717) is 5.56 Å². The van der Waals surface area contributed by atoms with Crippen LogP contribution in [0, 0.1) is 19.7 Å². The number of aryl methyl sites for hydroxylation is 3. The van der Waals surface area contributed by atoms with Gasteiger partial charge in [-0.25, -0.2) is 8.96 Å². The van der Waals surface area contributed by atoms with Crippen molar-refractivity contribution in [3.05, 3.63) is 88.4 Å². The molecule has 0 unspecified atom stereocenters. The summed E-state index contributed by atoms with van der Waals surface area (Å²) < 4.78 is 23.5. The minimum atomic E-state index is -0.195. The van der Waals surface area contributed by atoms with E-state index in [9.17, 15) is 4.39 Å². The normalized spacial score (nSPS) is 16.0. The molecule has 0 spiro atoms. The quantitative estimate of drug-likeness (QED) is 0.224. The average molecular weight is 505 g/mol. The van der Waals surface area contributed by atoms with Crippen LogP contribution in [0.1, 0.15) is 72.3 Å². The fourth-order valence-electron chi connectivity index (χ4n) is 7.28. The molecule has 1 fully saturated rings. The molecule has 2 heterocycles. The Morgan fingerprint density at radius 1 is 0.789 bits per heavy atom. The van der Waals surface area contributed by atoms with Crippen molar-refractivity contribution in [3.63, 3.8) is 0 Å². The van der Waals surface area contributed by atoms with Crippen molar-refractivity contribution in [1.29, 1.82) is 0 Å². The summed E-state index contributed by atoms with van der Waals surface area (Å²) >= 11 is 0. The lowest BCUT2D eigenvalue weighted by Crippen LogP contribution is -2.31. The van der Waals surface area contributed by atoms with E-state index < -0.39 is 0 Å². The molecule has 2 aliphatic rings. The van der Waals surface area contributed by atoms with E-state index >= 15 is 0 Å². The van der Waals surface area contributed by atoms with Gasteiger partial charge in [0.25, 0.3) is 0 Å². The van der Waals surface area contributed by atoms with E-state index in [1.54, 1.807) is 24.1 Å². The molecule has 0 saturated heterocycles. The van der Waals surface area contributed by atoms with Gasteiger partial charge in [-0.15, -0.1) is 0 Å². The van der Waals surface area contributed by atoms with Gasteiger partial charge in [0.05, 0.1) is 5.56 Å². The van der Waals surface area contributed by atoms with Gasteiger partial charge in [0.1, 0.15) is 24.0 Å². The maximum atomic E-state index is 14.7. The van der Waals surface area contributed by atoms with Crippen LogP contribution in [-0.4, -0.2) is 0 Å². The van der Waals surface area contributed by atoms with Gasteiger partial charge in [0.2, 0.25) is 5.69 Å². The number of fused-ring (bicyclic) bond motifs is 4. The standard InChI is InChI=1S/C35H35FNO/c1-21-15-16-30-29-14-8-13-28(34(29)38-35(30)33(21)32-19-31(36)22(2)20-37(32)3)27-18-17-24(23-9-5-4-6-10-23)25-11-7-12-26(25)27/h8,13-20,23H,4-7,9-12H2,1-3H3/q+1. The number of hydrogen-bond acceptors (Lipinski definition) is 1. The maximum absolute atomic E-state index is 14.7. The first-order valence-corrected chi connectivity index (χ1v) is 14.3. The number of para-hydroxylation sites is 1. The minimum absolute atomic E-state index is 0.195. The molecule has 0 aliphatic heterocycles. The average Bonchev–Trinajstić information content (AvgIpc) is 3.56. The largest absolute Gasteiger partial charge is 0.454 e. The summed E-state index contributed by atoms with van der Waals surface area (Å²) in [5, 5.41) is 2.20. The SMILES string of the molecule is Cc1c[n+](C)c(-c2c(C)ccc3c2oc2c(-c4ccc(C5CCCCC5)c5c4CCC5)cccc23)cc1F. The van der Waals surface area contributed by atoms with Crippen molar-refractivity contribution in [2.24, 2.45) is 7.05 Å². The zero-order valence-corrected chi connectivity index (χ0v) is 22.7. The Balaban J connectivity index is 1.44. The van der Waals surface area contributed by atoms with Gasteiger partial charge in [0, 0.05) is 28.0 Å². The Morgan fingerprint density at radius 2 is 1.58 bits per heavy atom. The van der Waals surface area contributed by atoms with Crippen LogP contribution in [0.15, 0.2) is 59.1 Å². The summed E-state index contributed by atoms with van der Waals surface area (Å²) in [6.45, 7) is 3.88. The van der Waals surface area contributed by atoms with Crippen molar-refractivity contribution in [2.75, 3.05) is 0 Å². The fraction of sp³-hybridized carbons (Fsp3) is 0.343. The molecule has 5 aromatic rings. The molecule has 1 saturated carbocycles. The Labute approximate surface area is 224 Å². The van der Waals surface area contributed by atoms with Gasteiger partial charge in [-0.2, -0.15) is 0 Å². The van der Waals surface area contributed by atoms with Gasteiger partial charge in [-0.05, 0) is 79.7 Å². The minimum Gasteiger partial charge on any atom is -0.454 e. The lowest BCUT2D eigenvalue weighted by molar-refractivity contribution is -0.661. The van der Waals surface area contributed by atoms with Crippen LogP contribution in [0.25, 0.3) is 44.3 Å². The van der Waals surface area contributed by atoms with Crippen LogP contribution >= 0.6 is 0 Å². The molecule has 0 amide bonds. The van der Waals surface area contributed by atoms with Crippen LogP contribution < -0.4 is 4.57 Å². The molecule has 7 rings (SSSR count). The van der Waals surface area contributed by atoms with E-state index in [4.69, 9.17) is 4.42 Å². The van der Waals surface area contributed by atoms with Gasteiger partial charge in [0.15, 0.2) is 6.20 Å². The number of pyridine rings is 1. The van der Waals surface area contributed by atoms with Crippen molar-refractivity contribution in [2.45, 2.75) is 71.1 Å². The molecule has 2 aromatic heterocycles. The molecule has 0 radical (unpaired) electrons. The molecule has 0 bridgehead atoms. The van der Waals surface area contributed by atoms with Crippen LogP contribution in [0.2, 0.25) is 0 Å². The van der Waals surface area contributed by atoms with E-state index in [1.807, 2.05) is 17.8 Å². The summed E-state index contributed by atoms with van der Waals surface area (Å²) in [5.74, 6) is 0.535. The first-order chi connectivity index (χ1) is 18.5. The van der Waals surface area contributed by atoms with Crippen LogP contribution in [0.5, 0.6) is 0 Å². The van der Waals surface area contributed by atoms with Crippen molar-refractivity contribution < 1.29 is 13.4 Å². The highest BCUT2D eigenvalue weighted by molar-refractivity contribution is 6.13. The van der Waals surface area contributed by atoms with Crippen molar-refractivity contribution >= 4 is 21.9 Å². The first-order valence-electron chi connectivity index (χ1n) is 14.3. The van der Waals surface area contributed by atoms with E-state index in [1.165, 1.54) is 61.6 Å². The van der Waals surface area contributed by atoms with Crippen molar-refractivity contribution in [1.82, 2.24) is 0 Å². The van der Waals surface area contributed by atoms with E-state index in [0.717, 1.165) is 51.1 Å². The molecule has 38 heavy (non-hydrogen) atoms. The zero-order valence-electron chi connectivity index (χ0n) is 22.7. The van der Waals surface area contributed by atoms with Crippen LogP contribution in [0.3, 0.4) is 0 Å². The second-order valence-corrected chi connectivity index (χ2v) is 11.6. The Bertz CT molecular complexity index is 1720. The first kappa shape index (κ1) is 23.6. The predicted octanol–water partition coefficient (Wildman–Crippen LogP) is 9.04. The van der Waals surface area contributed by atoms with Gasteiger partial charge >= 0.3 is 0 Å². The van der Waals surface area contributed by atoms with Gasteiger partial charge in [-0.3, -0.25) is 0 Å². The number of furan rings is 1. The van der Waals surface area contributed by atoms with Crippen LogP contribution in [-0.2, 0) is 19.9 Å². The molecule has 3 heteroatoms. The summed E-state index contributed by atoms with van der Waals surface area (Å²) in [4.78, 5) is 0.